The molecule has 0 saturated carbocycles. The molecule has 0 radical (unpaired) electrons. The van der Waals surface area contributed by atoms with Crippen LogP contribution < -0.4 is 34.6 Å². The summed E-state index contributed by atoms with van der Waals surface area (Å²) in [4.78, 5) is 54.9. The molecule has 3 aliphatic rings. The van der Waals surface area contributed by atoms with Gasteiger partial charge in [0.05, 0.1) is 54.9 Å². The molecule has 16 heteroatoms. The van der Waals surface area contributed by atoms with E-state index in [0.717, 1.165) is 22.0 Å². The highest BCUT2D eigenvalue weighted by molar-refractivity contribution is 6.20. The third kappa shape index (κ3) is 4.38. The smallest absolute Gasteiger partial charge is 0.319 e. The van der Waals surface area contributed by atoms with Gasteiger partial charge in [-0.1, -0.05) is 0 Å². The molecule has 54 heavy (non-hydrogen) atoms. The number of ether oxygens (including phenoxy) is 3. The zero-order valence-corrected chi connectivity index (χ0v) is 30.5. The van der Waals surface area contributed by atoms with Crippen molar-refractivity contribution in [1.29, 1.82) is 0 Å². The summed E-state index contributed by atoms with van der Waals surface area (Å²) in [6.07, 6.45) is 2.71. The number of carbonyl (C=O) groups excluding carboxylic acids is 3. The van der Waals surface area contributed by atoms with Crippen LogP contribution in [-0.4, -0.2) is 89.9 Å². The summed E-state index contributed by atoms with van der Waals surface area (Å²) in [5.74, 6) is -0.293. The molecule has 15 nitrogen and oxygen atoms in total. The normalized spacial score (nSPS) is 16.1. The number of anilines is 3. The van der Waals surface area contributed by atoms with E-state index < -0.39 is 11.9 Å². The number of aryl methyl sites for hydroxylation is 1. The summed E-state index contributed by atoms with van der Waals surface area (Å²) in [7, 11) is 4.38. The van der Waals surface area contributed by atoms with E-state index in [1.54, 1.807) is 24.1 Å². The van der Waals surface area contributed by atoms with Crippen LogP contribution in [0.4, 0.5) is 21.9 Å². The molecule has 9 rings (SSSR count). The molecular weight excluding hydrogens is 718 g/mol. The minimum atomic E-state index is -0.713. The van der Waals surface area contributed by atoms with Crippen molar-refractivity contribution in [2.45, 2.75) is 25.7 Å². The predicted octanol–water partition coefficient (Wildman–Crippen LogP) is 5.50. The van der Waals surface area contributed by atoms with E-state index in [-0.39, 0.29) is 70.7 Å². The van der Waals surface area contributed by atoms with Crippen molar-refractivity contribution in [3.05, 3.63) is 58.0 Å². The first kappa shape index (κ1) is 33.6. The van der Waals surface area contributed by atoms with Crippen molar-refractivity contribution in [1.82, 2.24) is 15.0 Å². The Balaban J connectivity index is 1.12. The zero-order chi connectivity index (χ0) is 37.9. The third-order valence-electron chi connectivity index (χ3n) is 11.2. The number of carbonyl (C=O) groups is 3. The monoisotopic (exact) mass is 753 g/mol. The number of alkyl halides is 1. The highest BCUT2D eigenvalue weighted by Gasteiger charge is 2.39. The number of H-pyrrole nitrogens is 3. The molecule has 0 aliphatic carbocycles. The van der Waals surface area contributed by atoms with Gasteiger partial charge in [-0.25, -0.2) is 4.79 Å². The Morgan fingerprint density at radius 3 is 1.93 bits per heavy atom. The quantitative estimate of drug-likeness (QED) is 0.120. The number of urea groups is 1. The van der Waals surface area contributed by atoms with Crippen molar-refractivity contribution in [3.8, 4) is 28.7 Å². The highest BCUT2D eigenvalue weighted by Crippen LogP contribution is 2.52. The van der Waals surface area contributed by atoms with Crippen LogP contribution in [0.15, 0.2) is 24.4 Å². The molecule has 0 spiro atoms. The molecule has 0 unspecified atom stereocenters. The van der Waals surface area contributed by atoms with Crippen LogP contribution in [0.5, 0.6) is 28.7 Å². The zero-order valence-electron chi connectivity index (χ0n) is 29.8. The van der Waals surface area contributed by atoms with Gasteiger partial charge in [-0.05, 0) is 54.2 Å². The summed E-state index contributed by atoms with van der Waals surface area (Å²) in [6.45, 7) is 2.86. The van der Waals surface area contributed by atoms with Crippen molar-refractivity contribution < 1.29 is 38.8 Å². The van der Waals surface area contributed by atoms with E-state index in [9.17, 15) is 24.6 Å². The number of aromatic nitrogens is 3. The number of methoxy groups -OCH3 is 3. The van der Waals surface area contributed by atoms with Crippen LogP contribution in [-0.2, 0) is 12.8 Å². The molecule has 6 aromatic rings. The Labute approximate surface area is 312 Å². The van der Waals surface area contributed by atoms with E-state index in [1.165, 1.54) is 24.0 Å². The van der Waals surface area contributed by atoms with Crippen LogP contribution in [0.2, 0.25) is 0 Å². The lowest BCUT2D eigenvalue weighted by molar-refractivity contribution is 0.0977. The molecule has 0 bridgehead atoms. The van der Waals surface area contributed by atoms with Gasteiger partial charge in [0.2, 0.25) is 0 Å². The molecule has 0 fully saturated rings. The summed E-state index contributed by atoms with van der Waals surface area (Å²) >= 11 is 6.50. The standard InChI is InChI=1S/C38H36ClN7O8/c1-15-13-41-29-24(52-2)11-23-26(25(15)29)16(12-39)14-46(23)37(50)22-10-19-17-5-7-44(30(17)32(47)34(53-3)27(19)43-22)36(49)21-9-20-18-6-8-45(38(40)51)31(18)33(48)35(54-4)28(20)42-21/h9-11,13,16,41-43,47-48H,5-8,12,14H2,1-4H3,(H2,40,51)/t16-/m1/s1. The Hall–Kier alpha value is -6.22. The summed E-state index contributed by atoms with van der Waals surface area (Å²) in [5.41, 5.74) is 12.2. The van der Waals surface area contributed by atoms with Gasteiger partial charge < -0.3 is 54.9 Å². The van der Waals surface area contributed by atoms with E-state index in [4.69, 9.17) is 31.5 Å². The van der Waals surface area contributed by atoms with E-state index in [2.05, 4.69) is 15.0 Å². The van der Waals surface area contributed by atoms with Gasteiger partial charge in [0.1, 0.15) is 17.1 Å². The van der Waals surface area contributed by atoms with Gasteiger partial charge in [0, 0.05) is 59.9 Å². The number of rotatable bonds is 6. The Morgan fingerprint density at radius 1 is 0.833 bits per heavy atom. The summed E-state index contributed by atoms with van der Waals surface area (Å²) in [5, 5.41) is 25.0. The van der Waals surface area contributed by atoms with Crippen molar-refractivity contribution in [2.24, 2.45) is 5.73 Å². The second-order valence-corrected chi connectivity index (χ2v) is 14.1. The number of hydrogen-bond donors (Lipinski definition) is 6. The number of aromatic hydroxyl groups is 2. The molecule has 1 atom stereocenters. The van der Waals surface area contributed by atoms with Crippen molar-refractivity contribution in [2.75, 3.05) is 61.5 Å². The van der Waals surface area contributed by atoms with Crippen LogP contribution in [0, 0.1) is 6.92 Å². The second-order valence-electron chi connectivity index (χ2n) is 13.8. The fraction of sp³-hybridized carbons (Fsp3) is 0.289. The fourth-order valence-electron chi connectivity index (χ4n) is 8.83. The average molecular weight is 754 g/mol. The average Bonchev–Trinajstić information content (AvgIpc) is 4.01. The van der Waals surface area contributed by atoms with E-state index in [0.29, 0.717) is 69.6 Å². The second kappa shape index (κ2) is 11.9. The molecule has 3 aromatic carbocycles. The molecule has 6 heterocycles. The number of nitrogens with one attached hydrogen (secondary N) is 3. The number of phenols is 2. The van der Waals surface area contributed by atoms with E-state index >= 15 is 0 Å². The number of hydrogen-bond acceptors (Lipinski definition) is 8. The highest BCUT2D eigenvalue weighted by atomic mass is 35.5. The van der Waals surface area contributed by atoms with Crippen LogP contribution in [0.25, 0.3) is 32.7 Å². The fourth-order valence-corrected chi connectivity index (χ4v) is 9.08. The predicted molar refractivity (Wildman–Crippen MR) is 204 cm³/mol. The third-order valence-corrected chi connectivity index (χ3v) is 11.5. The lowest BCUT2D eigenvalue weighted by Gasteiger charge is -2.19. The maximum absolute atomic E-state index is 14.4. The van der Waals surface area contributed by atoms with Gasteiger partial charge in [0.15, 0.2) is 23.0 Å². The maximum Gasteiger partial charge on any atom is 0.319 e. The number of benzene rings is 3. The molecule has 3 aliphatic heterocycles. The van der Waals surface area contributed by atoms with Crippen LogP contribution in [0.3, 0.4) is 0 Å². The number of primary amides is 1. The van der Waals surface area contributed by atoms with Crippen molar-refractivity contribution >= 4 is 79.2 Å². The van der Waals surface area contributed by atoms with Crippen LogP contribution >= 0.6 is 11.6 Å². The Kier molecular flexibility index (Phi) is 7.40. The number of nitrogens with two attached hydrogens (primary N) is 1. The Bertz CT molecular complexity index is 2640. The first-order valence-corrected chi connectivity index (χ1v) is 17.9. The molecule has 3 aromatic heterocycles. The van der Waals surface area contributed by atoms with Gasteiger partial charge in [0.25, 0.3) is 11.8 Å². The van der Waals surface area contributed by atoms with E-state index in [1.807, 2.05) is 19.2 Å². The lowest BCUT2D eigenvalue weighted by atomic mass is 9.97. The molecule has 4 amide bonds. The summed E-state index contributed by atoms with van der Waals surface area (Å²) in [6, 6.07) is 4.54. The SMILES string of the molecule is COc1c(O)c2c(c3cc(C(=O)N4CCc5c4c(O)c(OC)c4[nH]c(C(=O)N6C[C@@H](CCl)c7c6cc(OC)c6[nH]cc(C)c76)cc54)[nH]c13)CCN2C(N)=O. The molecule has 0 saturated heterocycles. The largest absolute Gasteiger partial charge is 0.503 e. The number of fused-ring (bicyclic) bond motifs is 9. The molecular formula is C38H36ClN7O8. The topological polar surface area (TPSA) is 202 Å². The maximum atomic E-state index is 14.4. The minimum Gasteiger partial charge on any atom is -0.503 e. The number of aromatic amines is 3. The summed E-state index contributed by atoms with van der Waals surface area (Å²) < 4.78 is 16.9. The number of phenolic OH excluding ortho intramolecular Hbond substituents is 2. The van der Waals surface area contributed by atoms with Gasteiger partial charge in [-0.2, -0.15) is 0 Å². The minimum absolute atomic E-state index is 0.0672. The van der Waals surface area contributed by atoms with Gasteiger partial charge in [-0.3, -0.25) is 14.5 Å². The number of nitrogens with zero attached hydrogens (tertiary/aromatic N) is 3. The number of amides is 4. The van der Waals surface area contributed by atoms with Crippen molar-refractivity contribution in [3.63, 3.8) is 0 Å². The van der Waals surface area contributed by atoms with Gasteiger partial charge >= 0.3 is 6.03 Å². The molecule has 278 valence electrons. The van der Waals surface area contributed by atoms with Crippen LogP contribution in [0.1, 0.15) is 49.1 Å². The number of halogens is 1. The Morgan fingerprint density at radius 2 is 1.39 bits per heavy atom. The molecule has 7 N–H and O–H groups in total. The first-order chi connectivity index (χ1) is 26.0. The van der Waals surface area contributed by atoms with Gasteiger partial charge in [-0.15, -0.1) is 11.6 Å². The first-order valence-electron chi connectivity index (χ1n) is 17.4. The lowest BCUT2D eigenvalue weighted by Crippen LogP contribution is -2.34.